The van der Waals surface area contributed by atoms with Gasteiger partial charge in [0.05, 0.1) is 11.3 Å². The highest BCUT2D eigenvalue weighted by atomic mass is 19.1. The second-order valence-corrected chi connectivity index (χ2v) is 6.87. The van der Waals surface area contributed by atoms with Gasteiger partial charge in [-0.1, -0.05) is 18.2 Å². The molecule has 1 aromatic carbocycles. The van der Waals surface area contributed by atoms with Crippen molar-refractivity contribution in [2.45, 2.75) is 26.1 Å². The van der Waals surface area contributed by atoms with Crippen LogP contribution in [0.2, 0.25) is 0 Å². The smallest absolute Gasteiger partial charge is 0.253 e. The number of fused-ring (bicyclic) bond motifs is 1. The molecule has 29 heavy (non-hydrogen) atoms. The van der Waals surface area contributed by atoms with Crippen LogP contribution >= 0.6 is 0 Å². The first-order valence-corrected chi connectivity index (χ1v) is 9.27. The number of carbonyl (C=O) groups is 2. The molecule has 1 amide bonds. The van der Waals surface area contributed by atoms with Crippen molar-refractivity contribution in [3.63, 3.8) is 0 Å². The number of Topliss-reactive ketones (excluding diaryl/α,β-unsaturated/α-hetero) is 1. The summed E-state index contributed by atoms with van der Waals surface area (Å²) in [6.45, 7) is 0.126. The minimum atomic E-state index is -0.904. The molecule has 4 rings (SSSR count). The molecule has 0 radical (unpaired) electrons. The van der Waals surface area contributed by atoms with E-state index >= 15 is 0 Å². The number of ketones is 1. The van der Waals surface area contributed by atoms with Crippen LogP contribution in [0.1, 0.15) is 34.3 Å². The van der Waals surface area contributed by atoms with Gasteiger partial charge in [-0.3, -0.25) is 9.59 Å². The van der Waals surface area contributed by atoms with Crippen LogP contribution in [0.3, 0.4) is 0 Å². The van der Waals surface area contributed by atoms with Crippen molar-refractivity contribution in [2.75, 3.05) is 18.0 Å². The first kappa shape index (κ1) is 19.0. The Hall–Kier alpha value is -3.36. The van der Waals surface area contributed by atoms with Crippen molar-refractivity contribution in [1.29, 1.82) is 0 Å². The zero-order valence-electron chi connectivity index (χ0n) is 15.6. The number of benzene rings is 1. The quantitative estimate of drug-likeness (QED) is 0.713. The average Bonchev–Trinajstić information content (AvgIpc) is 3.21. The number of hydrogen-bond donors (Lipinski definition) is 1. The maximum absolute atomic E-state index is 14.2. The Morgan fingerprint density at radius 3 is 2.72 bits per heavy atom. The van der Waals surface area contributed by atoms with Crippen LogP contribution < -0.4 is 10.2 Å². The van der Waals surface area contributed by atoms with Gasteiger partial charge in [-0.15, -0.1) is 0 Å². The molecule has 9 heteroatoms. The molecule has 0 spiro atoms. The molecule has 0 saturated carbocycles. The van der Waals surface area contributed by atoms with Crippen molar-refractivity contribution in [3.05, 3.63) is 59.3 Å². The summed E-state index contributed by atoms with van der Waals surface area (Å²) >= 11 is 0. The van der Waals surface area contributed by atoms with E-state index in [4.69, 9.17) is 0 Å². The highest BCUT2D eigenvalue weighted by molar-refractivity contribution is 5.96. The Labute approximate surface area is 165 Å². The van der Waals surface area contributed by atoms with Crippen molar-refractivity contribution in [3.8, 4) is 0 Å². The van der Waals surface area contributed by atoms with Crippen LogP contribution in [-0.4, -0.2) is 39.4 Å². The predicted octanol–water partition coefficient (Wildman–Crippen LogP) is 2.44. The van der Waals surface area contributed by atoms with Gasteiger partial charge in [-0.2, -0.15) is 5.10 Å². The number of alkyl halides is 1. The zero-order valence-corrected chi connectivity index (χ0v) is 15.6. The molecule has 0 aliphatic carbocycles. The number of nitrogens with one attached hydrogen (secondary N) is 1. The van der Waals surface area contributed by atoms with Gasteiger partial charge in [-0.05, 0) is 6.07 Å². The molecule has 1 fully saturated rings. The topological polar surface area (TPSA) is 79.6 Å². The standard InChI is InChI=1S/C20H19F2N5O2/c21-9-13-2-1-3-14(18(13)22)10-23-20(29)15-8-17(19-24-12-25-27(19)11-15)26-6-4-16(28)5-7-26/h1-3,8,11-12H,4-7,9-10H2,(H,23,29). The molecule has 3 heterocycles. The van der Waals surface area contributed by atoms with E-state index in [1.54, 1.807) is 18.3 Å². The molecule has 1 saturated heterocycles. The Morgan fingerprint density at radius 1 is 1.21 bits per heavy atom. The largest absolute Gasteiger partial charge is 0.368 e. The van der Waals surface area contributed by atoms with Gasteiger partial charge < -0.3 is 10.2 Å². The summed E-state index contributed by atoms with van der Waals surface area (Å²) in [6.07, 6.45) is 3.83. The number of piperidine rings is 1. The Balaban J connectivity index is 1.57. The van der Waals surface area contributed by atoms with E-state index in [1.165, 1.54) is 23.0 Å². The maximum Gasteiger partial charge on any atom is 0.253 e. The summed E-state index contributed by atoms with van der Waals surface area (Å²) in [5.74, 6) is -0.854. The van der Waals surface area contributed by atoms with Crippen molar-refractivity contribution < 1.29 is 18.4 Å². The summed E-state index contributed by atoms with van der Waals surface area (Å²) in [4.78, 5) is 30.5. The first-order chi connectivity index (χ1) is 14.1. The van der Waals surface area contributed by atoms with Crippen LogP contribution in [0, 0.1) is 5.82 Å². The van der Waals surface area contributed by atoms with Crippen molar-refractivity contribution in [1.82, 2.24) is 19.9 Å². The van der Waals surface area contributed by atoms with Gasteiger partial charge in [0.15, 0.2) is 5.65 Å². The number of rotatable bonds is 5. The van der Waals surface area contributed by atoms with E-state index in [0.29, 0.717) is 42.8 Å². The third-order valence-corrected chi connectivity index (χ3v) is 5.02. The fourth-order valence-electron chi connectivity index (χ4n) is 3.41. The molecule has 7 nitrogen and oxygen atoms in total. The lowest BCUT2D eigenvalue weighted by Crippen LogP contribution is -2.34. The van der Waals surface area contributed by atoms with Crippen molar-refractivity contribution >= 4 is 23.0 Å². The molecule has 0 unspecified atom stereocenters. The second kappa shape index (κ2) is 7.94. The molecular weight excluding hydrogens is 380 g/mol. The average molecular weight is 399 g/mol. The number of pyridine rings is 1. The summed E-state index contributed by atoms with van der Waals surface area (Å²) in [5, 5.41) is 6.78. The molecule has 1 N–H and O–H groups in total. The van der Waals surface area contributed by atoms with E-state index in [2.05, 4.69) is 15.4 Å². The minimum Gasteiger partial charge on any atom is -0.368 e. The monoisotopic (exact) mass is 399 g/mol. The molecule has 150 valence electrons. The van der Waals surface area contributed by atoms with Gasteiger partial charge in [0.1, 0.15) is 24.6 Å². The number of carbonyl (C=O) groups excluding carboxylic acids is 2. The highest BCUT2D eigenvalue weighted by Crippen LogP contribution is 2.24. The highest BCUT2D eigenvalue weighted by Gasteiger charge is 2.21. The summed E-state index contributed by atoms with van der Waals surface area (Å²) in [5.41, 5.74) is 1.82. The molecule has 1 aliphatic heterocycles. The number of amides is 1. The number of hydrogen-bond acceptors (Lipinski definition) is 5. The van der Waals surface area contributed by atoms with E-state index in [0.717, 1.165) is 0 Å². The maximum atomic E-state index is 14.2. The van der Waals surface area contributed by atoms with Gasteiger partial charge in [0.2, 0.25) is 0 Å². The first-order valence-electron chi connectivity index (χ1n) is 9.27. The summed E-state index contributed by atoms with van der Waals surface area (Å²) in [6, 6.07) is 6.13. The van der Waals surface area contributed by atoms with Crippen LogP contribution in [0.5, 0.6) is 0 Å². The van der Waals surface area contributed by atoms with Gasteiger partial charge in [0, 0.05) is 49.8 Å². The zero-order chi connectivity index (χ0) is 20.4. The van der Waals surface area contributed by atoms with E-state index in [-0.39, 0.29) is 23.5 Å². The van der Waals surface area contributed by atoms with E-state index in [1.807, 2.05) is 4.90 Å². The van der Waals surface area contributed by atoms with Gasteiger partial charge >= 0.3 is 0 Å². The third kappa shape index (κ3) is 3.80. The predicted molar refractivity (Wildman–Crippen MR) is 102 cm³/mol. The number of aromatic nitrogens is 3. The molecular formula is C20H19F2N5O2. The fraction of sp³-hybridized carbons (Fsp3) is 0.300. The molecule has 1 aliphatic rings. The normalized spacial score (nSPS) is 14.4. The van der Waals surface area contributed by atoms with Gasteiger partial charge in [0.25, 0.3) is 5.91 Å². The Bertz CT molecular complexity index is 1070. The lowest BCUT2D eigenvalue weighted by atomic mass is 10.1. The summed E-state index contributed by atoms with van der Waals surface area (Å²) < 4.78 is 28.5. The molecule has 3 aromatic rings. The van der Waals surface area contributed by atoms with Crippen LogP contribution in [-0.2, 0) is 18.0 Å². The van der Waals surface area contributed by atoms with Crippen LogP contribution in [0.25, 0.3) is 5.65 Å². The SMILES string of the molecule is O=C1CCN(c2cc(C(=O)NCc3cccc(CF)c3F)cn3ncnc23)CC1. The van der Waals surface area contributed by atoms with Crippen molar-refractivity contribution in [2.24, 2.45) is 0 Å². The Morgan fingerprint density at radius 2 is 1.97 bits per heavy atom. The fourth-order valence-corrected chi connectivity index (χ4v) is 3.41. The van der Waals surface area contributed by atoms with Crippen LogP contribution in [0.15, 0.2) is 36.8 Å². The van der Waals surface area contributed by atoms with Gasteiger partial charge in [-0.25, -0.2) is 18.3 Å². The molecule has 0 bridgehead atoms. The number of anilines is 1. The number of nitrogens with zero attached hydrogens (tertiary/aromatic N) is 4. The lowest BCUT2D eigenvalue weighted by Gasteiger charge is -2.28. The number of halogens is 2. The third-order valence-electron chi connectivity index (χ3n) is 5.02. The summed E-state index contributed by atoms with van der Waals surface area (Å²) in [7, 11) is 0. The van der Waals surface area contributed by atoms with Crippen LogP contribution in [0.4, 0.5) is 14.5 Å². The second-order valence-electron chi connectivity index (χ2n) is 6.87. The lowest BCUT2D eigenvalue weighted by molar-refractivity contribution is -0.119. The van der Waals surface area contributed by atoms with E-state index < -0.39 is 18.4 Å². The van der Waals surface area contributed by atoms with E-state index in [9.17, 15) is 18.4 Å². The minimum absolute atomic E-state index is 0.0392. The Kier molecular flexibility index (Phi) is 5.20. The molecule has 0 atom stereocenters. The molecule has 2 aromatic heterocycles.